The monoisotopic (exact) mass is 232 g/mol. The van der Waals surface area contributed by atoms with Crippen molar-refractivity contribution in [3.05, 3.63) is 23.9 Å². The number of carboxylic acid groups (broad SMARTS) is 1. The molecule has 7 heteroatoms. The van der Waals surface area contributed by atoms with Gasteiger partial charge in [-0.2, -0.15) is 0 Å². The summed E-state index contributed by atoms with van der Waals surface area (Å²) in [6, 6.07) is 2.63. The largest absolute Gasteiger partial charge is 0.478 e. The fourth-order valence-electron chi connectivity index (χ4n) is 0.988. The molecule has 0 atom stereocenters. The maximum Gasteiger partial charge on any atom is 0.339 e. The minimum atomic E-state index is -3.31. The second-order valence-electron chi connectivity index (χ2n) is 3.07. The molecule has 0 unspecified atom stereocenters. The standard InChI is InChI=1S/C9H10F2N2O3/c10-9(11,5-14)4-13-7-6(8(15)16)2-1-3-12-7/h1-3,14H,4-5H2,(H,12,13)(H,15,16). The summed E-state index contributed by atoms with van der Waals surface area (Å²) in [5, 5.41) is 19.2. The average molecular weight is 232 g/mol. The number of halogens is 2. The van der Waals surface area contributed by atoms with Gasteiger partial charge in [0.2, 0.25) is 0 Å². The van der Waals surface area contributed by atoms with E-state index in [4.69, 9.17) is 10.2 Å². The van der Waals surface area contributed by atoms with Crippen LogP contribution in [0.25, 0.3) is 0 Å². The number of alkyl halides is 2. The first kappa shape index (κ1) is 12.3. The lowest BCUT2D eigenvalue weighted by molar-refractivity contribution is -0.0373. The number of aromatic nitrogens is 1. The van der Waals surface area contributed by atoms with Crippen LogP contribution >= 0.6 is 0 Å². The summed E-state index contributed by atoms with van der Waals surface area (Å²) in [4.78, 5) is 14.3. The number of nitrogens with zero attached hydrogens (tertiary/aromatic N) is 1. The first-order valence-corrected chi connectivity index (χ1v) is 4.37. The van der Waals surface area contributed by atoms with Gasteiger partial charge in [-0.1, -0.05) is 0 Å². The molecule has 1 aromatic heterocycles. The van der Waals surface area contributed by atoms with E-state index in [1.165, 1.54) is 18.3 Å². The predicted molar refractivity (Wildman–Crippen MR) is 51.7 cm³/mol. The van der Waals surface area contributed by atoms with Gasteiger partial charge in [-0.05, 0) is 12.1 Å². The van der Waals surface area contributed by atoms with Crippen LogP contribution in [-0.4, -0.2) is 40.2 Å². The molecular formula is C9H10F2N2O3. The van der Waals surface area contributed by atoms with Crippen molar-refractivity contribution in [2.45, 2.75) is 5.92 Å². The highest BCUT2D eigenvalue weighted by atomic mass is 19.3. The average Bonchev–Trinajstić information content (AvgIpc) is 2.27. The van der Waals surface area contributed by atoms with Gasteiger partial charge in [0, 0.05) is 6.20 Å². The van der Waals surface area contributed by atoms with E-state index in [0.717, 1.165) is 0 Å². The molecule has 0 aliphatic heterocycles. The van der Waals surface area contributed by atoms with Gasteiger partial charge >= 0.3 is 5.97 Å². The molecule has 0 bridgehead atoms. The molecule has 0 radical (unpaired) electrons. The highest BCUT2D eigenvalue weighted by Crippen LogP contribution is 2.16. The maximum absolute atomic E-state index is 12.7. The van der Waals surface area contributed by atoms with Crippen LogP contribution in [0.3, 0.4) is 0 Å². The predicted octanol–water partition coefficient (Wildman–Crippen LogP) is 0.819. The molecule has 0 amide bonds. The molecule has 0 saturated heterocycles. The van der Waals surface area contributed by atoms with E-state index in [2.05, 4.69) is 10.3 Å². The van der Waals surface area contributed by atoms with E-state index >= 15 is 0 Å². The molecule has 1 heterocycles. The molecule has 0 fully saturated rings. The minimum Gasteiger partial charge on any atom is -0.478 e. The van der Waals surface area contributed by atoms with E-state index in [9.17, 15) is 13.6 Å². The van der Waals surface area contributed by atoms with Crippen molar-refractivity contribution in [2.75, 3.05) is 18.5 Å². The zero-order valence-electron chi connectivity index (χ0n) is 8.15. The number of aliphatic hydroxyl groups excluding tert-OH is 1. The van der Waals surface area contributed by atoms with Crippen LogP contribution in [0.2, 0.25) is 0 Å². The van der Waals surface area contributed by atoms with Crippen LogP contribution in [0.15, 0.2) is 18.3 Å². The van der Waals surface area contributed by atoms with E-state index in [0.29, 0.717) is 0 Å². The number of rotatable bonds is 5. The molecule has 1 rings (SSSR count). The van der Waals surface area contributed by atoms with Gasteiger partial charge in [-0.3, -0.25) is 0 Å². The SMILES string of the molecule is O=C(O)c1cccnc1NCC(F)(F)CO. The highest BCUT2D eigenvalue weighted by Gasteiger charge is 2.28. The molecule has 3 N–H and O–H groups in total. The fourth-order valence-corrected chi connectivity index (χ4v) is 0.988. The number of pyridine rings is 1. The maximum atomic E-state index is 12.7. The summed E-state index contributed by atoms with van der Waals surface area (Å²) in [7, 11) is 0. The van der Waals surface area contributed by atoms with Gasteiger partial charge < -0.3 is 15.5 Å². The van der Waals surface area contributed by atoms with Crippen molar-refractivity contribution in [3.8, 4) is 0 Å². The Morgan fingerprint density at radius 2 is 2.25 bits per heavy atom. The highest BCUT2D eigenvalue weighted by molar-refractivity contribution is 5.92. The summed E-state index contributed by atoms with van der Waals surface area (Å²) in [5.41, 5.74) is -0.198. The first-order chi connectivity index (χ1) is 7.46. The van der Waals surface area contributed by atoms with Gasteiger partial charge in [0.1, 0.15) is 18.0 Å². The second kappa shape index (κ2) is 4.84. The third-order valence-electron chi connectivity index (χ3n) is 1.78. The summed E-state index contributed by atoms with van der Waals surface area (Å²) >= 11 is 0. The number of hydrogen-bond acceptors (Lipinski definition) is 4. The van der Waals surface area contributed by atoms with Gasteiger partial charge in [0.25, 0.3) is 5.92 Å². The van der Waals surface area contributed by atoms with Crippen molar-refractivity contribution >= 4 is 11.8 Å². The summed E-state index contributed by atoms with van der Waals surface area (Å²) in [6.45, 7) is -2.18. The van der Waals surface area contributed by atoms with Crippen molar-refractivity contribution in [1.29, 1.82) is 0 Å². The summed E-state index contributed by atoms with van der Waals surface area (Å²) in [6.07, 6.45) is 1.28. The number of anilines is 1. The van der Waals surface area contributed by atoms with E-state index in [1.54, 1.807) is 0 Å². The van der Waals surface area contributed by atoms with Crippen LogP contribution in [0, 0.1) is 0 Å². The molecule has 5 nitrogen and oxygen atoms in total. The van der Waals surface area contributed by atoms with Crippen LogP contribution in [-0.2, 0) is 0 Å². The van der Waals surface area contributed by atoms with Gasteiger partial charge in [0.05, 0.1) is 6.54 Å². The summed E-state index contributed by atoms with van der Waals surface area (Å²) < 4.78 is 25.4. The van der Waals surface area contributed by atoms with Crippen molar-refractivity contribution in [1.82, 2.24) is 4.98 Å². The third-order valence-corrected chi connectivity index (χ3v) is 1.78. The topological polar surface area (TPSA) is 82.5 Å². The van der Waals surface area contributed by atoms with Crippen LogP contribution in [0.4, 0.5) is 14.6 Å². The Bertz CT molecular complexity index is 385. The molecule has 1 aromatic rings. The van der Waals surface area contributed by atoms with E-state index < -0.39 is 25.0 Å². The zero-order chi connectivity index (χ0) is 12.2. The Balaban J connectivity index is 2.78. The van der Waals surface area contributed by atoms with Crippen LogP contribution in [0.5, 0.6) is 0 Å². The molecular weight excluding hydrogens is 222 g/mol. The van der Waals surface area contributed by atoms with Crippen LogP contribution in [0.1, 0.15) is 10.4 Å². The number of aliphatic hydroxyl groups is 1. The molecule has 0 saturated carbocycles. The number of carbonyl (C=O) groups is 1. The number of carboxylic acids is 1. The third kappa shape index (κ3) is 3.13. The normalized spacial score (nSPS) is 11.2. The lowest BCUT2D eigenvalue weighted by Gasteiger charge is -2.15. The zero-order valence-corrected chi connectivity index (χ0v) is 8.15. The fraction of sp³-hybridized carbons (Fsp3) is 0.333. The lowest BCUT2D eigenvalue weighted by atomic mass is 10.2. The van der Waals surface area contributed by atoms with Crippen LogP contribution < -0.4 is 5.32 Å². The van der Waals surface area contributed by atoms with Gasteiger partial charge in [-0.25, -0.2) is 18.6 Å². The van der Waals surface area contributed by atoms with Gasteiger partial charge in [0.15, 0.2) is 0 Å². The molecule has 16 heavy (non-hydrogen) atoms. The summed E-state index contributed by atoms with van der Waals surface area (Å²) in [5.74, 6) is -4.72. The lowest BCUT2D eigenvalue weighted by Crippen LogP contribution is -2.31. The Hall–Kier alpha value is -1.76. The quantitative estimate of drug-likeness (QED) is 0.700. The number of nitrogens with one attached hydrogen (secondary N) is 1. The van der Waals surface area contributed by atoms with Crippen molar-refractivity contribution in [3.63, 3.8) is 0 Å². The Labute approximate surface area is 89.7 Å². The number of aromatic carboxylic acids is 1. The molecule has 0 aliphatic rings. The number of hydrogen-bond donors (Lipinski definition) is 3. The van der Waals surface area contributed by atoms with Gasteiger partial charge in [-0.15, -0.1) is 0 Å². The molecule has 0 aromatic carbocycles. The smallest absolute Gasteiger partial charge is 0.339 e. The molecule has 0 spiro atoms. The first-order valence-electron chi connectivity index (χ1n) is 4.37. The minimum absolute atomic E-state index is 0.150. The molecule has 0 aliphatic carbocycles. The Morgan fingerprint density at radius 1 is 1.56 bits per heavy atom. The Kier molecular flexibility index (Phi) is 3.73. The second-order valence-corrected chi connectivity index (χ2v) is 3.07. The Morgan fingerprint density at radius 3 is 2.81 bits per heavy atom. The van der Waals surface area contributed by atoms with E-state index in [1.807, 2.05) is 0 Å². The van der Waals surface area contributed by atoms with E-state index in [-0.39, 0.29) is 11.4 Å². The molecule has 88 valence electrons. The van der Waals surface area contributed by atoms with Crippen molar-refractivity contribution in [2.24, 2.45) is 0 Å². The van der Waals surface area contributed by atoms with Crippen molar-refractivity contribution < 1.29 is 23.8 Å².